The number of nitrogens with one attached hydrogen (secondary N) is 2. The number of rotatable bonds is 34. The Hall–Kier alpha value is -8.36. The molecule has 0 spiro atoms. The first kappa shape index (κ1) is 73.9. The zero-order chi connectivity index (χ0) is 69.7. The second-order valence-electron chi connectivity index (χ2n) is 26.1. The van der Waals surface area contributed by atoms with Crippen molar-refractivity contribution in [2.75, 3.05) is 88.3 Å². The number of esters is 1. The van der Waals surface area contributed by atoms with E-state index in [1.54, 1.807) is 62.7 Å². The molecule has 4 amide bonds. The largest absolute Gasteiger partial charge is 0.497 e. The fourth-order valence-electron chi connectivity index (χ4n) is 13.0. The van der Waals surface area contributed by atoms with Crippen molar-refractivity contribution in [1.82, 2.24) is 40.4 Å². The van der Waals surface area contributed by atoms with Crippen LogP contribution in [-0.4, -0.2) is 177 Å². The summed E-state index contributed by atoms with van der Waals surface area (Å²) in [4.78, 5) is 79.1. The number of carbonyl (C=O) groups is 5. The van der Waals surface area contributed by atoms with Gasteiger partial charge in [-0.3, -0.25) is 19.2 Å². The molecular weight excluding hydrogens is 1280 g/mol. The maximum atomic E-state index is 15.2. The van der Waals surface area contributed by atoms with Crippen molar-refractivity contribution >= 4 is 40.9 Å². The molecule has 25 heteroatoms. The molecule has 98 heavy (non-hydrogen) atoms. The number of carbonyl (C=O) groups excluding carboxylic acids is 5. The molecule has 2 saturated heterocycles. The summed E-state index contributed by atoms with van der Waals surface area (Å²) < 4.78 is 60.0. The molecule has 4 heterocycles. The number of nitrogens with zero attached hydrogens (tertiary/aromatic N) is 6. The van der Waals surface area contributed by atoms with Gasteiger partial charge in [0.15, 0.2) is 23.0 Å². The fraction of sp³-hybridized carbons (Fsp3) is 0.534. The molecular formula is C73H96N8O16S. The van der Waals surface area contributed by atoms with Crippen molar-refractivity contribution in [1.29, 1.82) is 0 Å². The van der Waals surface area contributed by atoms with Crippen molar-refractivity contribution < 1.29 is 76.4 Å². The number of hydrogen-bond acceptors (Lipinski definition) is 20. The van der Waals surface area contributed by atoms with E-state index in [1.165, 1.54) is 4.90 Å². The van der Waals surface area contributed by atoms with E-state index in [2.05, 4.69) is 25.9 Å². The number of benzene rings is 4. The quantitative estimate of drug-likeness (QED) is 0.0251. The highest BCUT2D eigenvalue weighted by molar-refractivity contribution is 7.13. The van der Waals surface area contributed by atoms with Crippen LogP contribution in [0.15, 0.2) is 90.6 Å². The Morgan fingerprint density at radius 2 is 1.42 bits per heavy atom. The van der Waals surface area contributed by atoms with E-state index in [9.17, 15) is 24.3 Å². The van der Waals surface area contributed by atoms with Gasteiger partial charge in [0.1, 0.15) is 48.9 Å². The average Bonchev–Trinajstić information content (AvgIpc) is 1.00. The van der Waals surface area contributed by atoms with Gasteiger partial charge in [0.25, 0.3) is 0 Å². The van der Waals surface area contributed by atoms with Crippen molar-refractivity contribution in [2.24, 2.45) is 11.3 Å². The van der Waals surface area contributed by atoms with Crippen LogP contribution in [0.1, 0.15) is 131 Å². The number of aryl methyl sites for hydroxylation is 2. The summed E-state index contributed by atoms with van der Waals surface area (Å²) in [6.45, 7) is 9.55. The zero-order valence-electron chi connectivity index (χ0n) is 57.9. The van der Waals surface area contributed by atoms with Crippen molar-refractivity contribution in [3.8, 4) is 44.9 Å². The van der Waals surface area contributed by atoms with Crippen LogP contribution in [0, 0.1) is 18.3 Å². The normalized spacial score (nSPS) is 17.5. The minimum absolute atomic E-state index is 0.0355. The second-order valence-corrected chi connectivity index (χ2v) is 26.9. The third-order valence-electron chi connectivity index (χ3n) is 18.3. The number of aromatic nitrogens is 4. The summed E-state index contributed by atoms with van der Waals surface area (Å²) >= 11 is 1.57. The van der Waals surface area contributed by atoms with E-state index in [0.717, 1.165) is 83.3 Å². The lowest BCUT2D eigenvalue weighted by atomic mass is 9.75. The van der Waals surface area contributed by atoms with Gasteiger partial charge in [-0.1, -0.05) is 87.7 Å². The second kappa shape index (κ2) is 35.9. The number of methoxy groups -OCH3 is 5. The van der Waals surface area contributed by atoms with Crippen molar-refractivity contribution in [2.45, 2.75) is 154 Å². The van der Waals surface area contributed by atoms with E-state index in [4.69, 9.17) is 47.4 Å². The molecule has 0 bridgehead atoms. The lowest BCUT2D eigenvalue weighted by molar-refractivity contribution is -0.163. The van der Waals surface area contributed by atoms with Crippen LogP contribution in [0.2, 0.25) is 0 Å². The lowest BCUT2D eigenvalue weighted by Crippen LogP contribution is -2.58. The van der Waals surface area contributed by atoms with Crippen LogP contribution in [-0.2, 0) is 69.0 Å². The highest BCUT2D eigenvalue weighted by Gasteiger charge is 2.45. The van der Waals surface area contributed by atoms with E-state index in [0.29, 0.717) is 85.8 Å². The minimum atomic E-state index is -0.993. The third-order valence-corrected chi connectivity index (χ3v) is 19.2. The topological polar surface area (TPSA) is 272 Å². The van der Waals surface area contributed by atoms with Gasteiger partial charge in [-0.15, -0.1) is 16.4 Å². The molecule has 530 valence electrons. The van der Waals surface area contributed by atoms with E-state index < -0.39 is 59.5 Å². The molecule has 3 N–H and O–H groups in total. The zero-order valence-corrected chi connectivity index (χ0v) is 58.7. The van der Waals surface area contributed by atoms with Crippen LogP contribution in [0.3, 0.4) is 0 Å². The number of ether oxygens (including phenoxy) is 10. The van der Waals surface area contributed by atoms with E-state index in [-0.39, 0.29) is 70.3 Å². The smallest absolute Gasteiger partial charge is 0.329 e. The van der Waals surface area contributed by atoms with Crippen LogP contribution < -0.4 is 39.1 Å². The van der Waals surface area contributed by atoms with Crippen LogP contribution in [0.4, 0.5) is 0 Å². The van der Waals surface area contributed by atoms with Gasteiger partial charge in [0, 0.05) is 26.1 Å². The van der Waals surface area contributed by atoms with Gasteiger partial charge in [0.05, 0.1) is 109 Å². The molecule has 6 aromatic rings. The molecule has 24 nitrogen and oxygen atoms in total. The SMILES string of the molecule is COc1cccc(C(CCc2ccc(OCc3cn(CCOCCOCCOCC(=O)N[C@H](C(=O)N4C[C@H](O)C[C@H]4C(=O)NCc4ccc(-c5scnc5C)cc4)C(C)(C)C)nn3)c(OC)c2)OC(=O)C2CCCCN2C(=O)[C@H](c2cc(OC)c(OC)c(OC)c2)C2CCCCC2)c1. The maximum absolute atomic E-state index is 15.2. The Labute approximate surface area is 578 Å². The number of likely N-dealkylation sites (tertiary alicyclic amines) is 2. The number of β-amino-alcohol motifs (C(OH)–C–C–N with tert-alkyl or cyclic N) is 1. The van der Waals surface area contributed by atoms with Crippen LogP contribution >= 0.6 is 11.3 Å². The fourth-order valence-corrected chi connectivity index (χ4v) is 13.8. The molecule has 2 aliphatic heterocycles. The summed E-state index contributed by atoms with van der Waals surface area (Å²) in [5.74, 6) is 0.709. The standard InChI is InChI=1S/C73H96N8O16S/c1-47-67(98-46-75-47)51-25-21-49(22-26-51)41-74-69(84)58-40-55(82)43-81(58)71(86)68(73(2,3)4)76-64(83)45-95-35-34-94-33-32-93-31-30-79-42-54(77-78-79)44-96-60-28-24-48(36-61(60)89-6)23-27-59(52-18-15-19-56(37-52)88-5)97-72(87)57-20-13-14-29-80(57)70(85)65(50-16-11-10-12-17-50)53-38-62(90-7)66(92-9)63(39-53)91-8/h15,18-19,21-22,24-26,28,36-39,42,46,50,55,57-59,65,68,82H,10-14,16-17,20,23,27,29-35,40-41,43-45H2,1-9H3,(H,74,84)(H,76,83)/t55-,57?,58+,59?,65+,68-/m1/s1. The minimum Gasteiger partial charge on any atom is -0.497 e. The van der Waals surface area contributed by atoms with Crippen LogP contribution in [0.25, 0.3) is 10.4 Å². The molecule has 9 rings (SSSR count). The number of hydrogen-bond donors (Lipinski definition) is 3. The number of piperidine rings is 1. The average molecular weight is 1370 g/mol. The monoisotopic (exact) mass is 1370 g/mol. The highest BCUT2D eigenvalue weighted by atomic mass is 32.1. The molecule has 2 unspecified atom stereocenters. The van der Waals surface area contributed by atoms with Gasteiger partial charge in [0.2, 0.25) is 29.4 Å². The number of aliphatic hydroxyl groups excluding tert-OH is 1. The first-order chi connectivity index (χ1) is 47.4. The summed E-state index contributed by atoms with van der Waals surface area (Å²) in [5, 5.41) is 24.9. The molecule has 1 saturated carbocycles. The first-order valence-electron chi connectivity index (χ1n) is 33.8. The summed E-state index contributed by atoms with van der Waals surface area (Å²) in [6.07, 6.45) is 8.22. The van der Waals surface area contributed by atoms with E-state index in [1.807, 2.05) is 112 Å². The molecule has 3 aliphatic rings. The lowest BCUT2D eigenvalue weighted by Gasteiger charge is -2.40. The maximum Gasteiger partial charge on any atom is 0.329 e. The van der Waals surface area contributed by atoms with E-state index >= 15 is 4.79 Å². The number of amides is 4. The Morgan fingerprint density at radius 1 is 0.714 bits per heavy atom. The summed E-state index contributed by atoms with van der Waals surface area (Å²) in [7, 11) is 7.87. The van der Waals surface area contributed by atoms with Crippen LogP contribution in [0.5, 0.6) is 34.5 Å². The molecule has 0 radical (unpaired) electrons. The van der Waals surface area contributed by atoms with Gasteiger partial charge >= 0.3 is 5.97 Å². The van der Waals surface area contributed by atoms with Crippen molar-refractivity contribution in [3.05, 3.63) is 124 Å². The van der Waals surface area contributed by atoms with Gasteiger partial charge < -0.3 is 72.9 Å². The third kappa shape index (κ3) is 19.7. The number of aliphatic hydroxyl groups is 1. The predicted octanol–water partition coefficient (Wildman–Crippen LogP) is 9.15. The first-order valence-corrected chi connectivity index (χ1v) is 34.7. The summed E-state index contributed by atoms with van der Waals surface area (Å²) in [6, 6.07) is 22.2. The molecule has 2 aromatic heterocycles. The Bertz CT molecular complexity index is 3560. The van der Waals surface area contributed by atoms with Gasteiger partial charge in [-0.2, -0.15) is 0 Å². The van der Waals surface area contributed by atoms with Crippen molar-refractivity contribution in [3.63, 3.8) is 0 Å². The molecule has 6 atom stereocenters. The number of thiazole rings is 1. The molecule has 3 fully saturated rings. The summed E-state index contributed by atoms with van der Waals surface area (Å²) in [5.41, 5.74) is 7.02. The molecule has 4 aromatic carbocycles. The predicted molar refractivity (Wildman–Crippen MR) is 366 cm³/mol. The molecule has 1 aliphatic carbocycles. The Morgan fingerprint density at radius 3 is 2.10 bits per heavy atom. The van der Waals surface area contributed by atoms with Gasteiger partial charge in [-0.25, -0.2) is 14.5 Å². The van der Waals surface area contributed by atoms with Gasteiger partial charge in [-0.05, 0) is 127 Å². The highest BCUT2D eigenvalue weighted by Crippen LogP contribution is 2.46. The Balaban J connectivity index is 0.692. The Kier molecular flexibility index (Phi) is 27.1.